The molecule has 0 saturated carbocycles. The van der Waals surface area contributed by atoms with E-state index in [0.717, 1.165) is 38.9 Å². The summed E-state index contributed by atoms with van der Waals surface area (Å²) in [6, 6.07) is 0.914. The molecule has 1 fully saturated rings. The van der Waals surface area contributed by atoms with Gasteiger partial charge in [0, 0.05) is 25.2 Å². The normalized spacial score (nSPS) is 21.6. The average molecular weight is 255 g/mol. The fraction of sp³-hybridized carbons (Fsp3) is 0.929. The van der Waals surface area contributed by atoms with Crippen molar-refractivity contribution in [2.75, 3.05) is 19.6 Å². The van der Waals surface area contributed by atoms with E-state index in [-0.39, 0.29) is 18.0 Å². The second-order valence-corrected chi connectivity index (χ2v) is 5.36. The first-order valence-electron chi connectivity index (χ1n) is 7.36. The van der Waals surface area contributed by atoms with Crippen LogP contribution in [0, 0.1) is 0 Å². The Bertz CT molecular complexity index is 249. The number of piperidine rings is 1. The molecule has 1 saturated heterocycles. The van der Waals surface area contributed by atoms with Gasteiger partial charge in [0.15, 0.2) is 0 Å². The molecule has 2 atom stereocenters. The van der Waals surface area contributed by atoms with Crippen LogP contribution >= 0.6 is 0 Å². The molecule has 2 unspecified atom stereocenters. The second kappa shape index (κ2) is 7.74. The van der Waals surface area contributed by atoms with Gasteiger partial charge in [0.1, 0.15) is 0 Å². The number of amides is 1. The third kappa shape index (κ3) is 4.58. The van der Waals surface area contributed by atoms with E-state index in [9.17, 15) is 4.79 Å². The topological polar surface area (TPSA) is 44.4 Å². The number of carbonyl (C=O) groups is 1. The number of hydrogen-bond donors (Lipinski definition) is 2. The molecule has 2 N–H and O–H groups in total. The number of nitrogens with zero attached hydrogens (tertiary/aromatic N) is 1. The summed E-state index contributed by atoms with van der Waals surface area (Å²) in [7, 11) is 0. The number of likely N-dealkylation sites (tertiary alicyclic amines) is 1. The van der Waals surface area contributed by atoms with Crippen molar-refractivity contribution in [1.82, 2.24) is 15.5 Å². The molecular weight excluding hydrogens is 226 g/mol. The largest absolute Gasteiger partial charge is 0.352 e. The summed E-state index contributed by atoms with van der Waals surface area (Å²) in [5.41, 5.74) is 0. The summed E-state index contributed by atoms with van der Waals surface area (Å²) < 4.78 is 0. The van der Waals surface area contributed by atoms with E-state index in [4.69, 9.17) is 0 Å². The molecule has 4 nitrogen and oxygen atoms in total. The Kier molecular flexibility index (Phi) is 6.65. The molecule has 1 amide bonds. The van der Waals surface area contributed by atoms with Crippen LogP contribution in [-0.2, 0) is 4.79 Å². The Morgan fingerprint density at radius 3 is 2.39 bits per heavy atom. The molecule has 0 bridgehead atoms. The van der Waals surface area contributed by atoms with E-state index in [1.807, 2.05) is 6.92 Å². The van der Waals surface area contributed by atoms with Crippen LogP contribution in [0.25, 0.3) is 0 Å². The van der Waals surface area contributed by atoms with Gasteiger partial charge in [0.2, 0.25) is 5.91 Å². The summed E-state index contributed by atoms with van der Waals surface area (Å²) in [6.07, 6.45) is 3.28. The SMILES string of the molecule is CCNC1CCN(C(C)C(=O)NC(C)CC)CC1. The molecule has 1 rings (SSSR count). The molecule has 1 aliphatic rings. The van der Waals surface area contributed by atoms with Crippen molar-refractivity contribution in [3.63, 3.8) is 0 Å². The van der Waals surface area contributed by atoms with E-state index in [1.165, 1.54) is 0 Å². The first kappa shape index (κ1) is 15.4. The number of rotatable bonds is 6. The molecule has 1 aliphatic heterocycles. The van der Waals surface area contributed by atoms with Gasteiger partial charge in [-0.1, -0.05) is 13.8 Å². The van der Waals surface area contributed by atoms with Gasteiger partial charge >= 0.3 is 0 Å². The van der Waals surface area contributed by atoms with Gasteiger partial charge in [0.05, 0.1) is 6.04 Å². The van der Waals surface area contributed by atoms with E-state index in [2.05, 4.69) is 36.3 Å². The van der Waals surface area contributed by atoms with Crippen LogP contribution in [0.3, 0.4) is 0 Å². The monoisotopic (exact) mass is 255 g/mol. The molecule has 106 valence electrons. The molecular formula is C14H29N3O. The van der Waals surface area contributed by atoms with E-state index in [1.54, 1.807) is 0 Å². The maximum atomic E-state index is 12.1. The van der Waals surface area contributed by atoms with Crippen molar-refractivity contribution in [1.29, 1.82) is 0 Å². The first-order valence-corrected chi connectivity index (χ1v) is 7.36. The van der Waals surface area contributed by atoms with E-state index < -0.39 is 0 Å². The van der Waals surface area contributed by atoms with Gasteiger partial charge in [-0.2, -0.15) is 0 Å². The smallest absolute Gasteiger partial charge is 0.237 e. The predicted molar refractivity (Wildman–Crippen MR) is 75.6 cm³/mol. The van der Waals surface area contributed by atoms with Crippen molar-refractivity contribution in [3.05, 3.63) is 0 Å². The van der Waals surface area contributed by atoms with Crippen LogP contribution in [-0.4, -0.2) is 48.6 Å². The highest BCUT2D eigenvalue weighted by Crippen LogP contribution is 2.13. The minimum Gasteiger partial charge on any atom is -0.352 e. The third-order valence-electron chi connectivity index (χ3n) is 3.95. The number of nitrogens with one attached hydrogen (secondary N) is 2. The van der Waals surface area contributed by atoms with Crippen LogP contribution in [0.5, 0.6) is 0 Å². The summed E-state index contributed by atoms with van der Waals surface area (Å²) >= 11 is 0. The lowest BCUT2D eigenvalue weighted by Crippen LogP contribution is -2.52. The predicted octanol–water partition coefficient (Wildman–Crippen LogP) is 1.36. The van der Waals surface area contributed by atoms with Crippen LogP contribution in [0.1, 0.15) is 47.0 Å². The zero-order valence-corrected chi connectivity index (χ0v) is 12.3. The van der Waals surface area contributed by atoms with Crippen molar-refractivity contribution >= 4 is 5.91 Å². The fourth-order valence-corrected chi connectivity index (χ4v) is 2.41. The molecule has 4 heteroatoms. The maximum Gasteiger partial charge on any atom is 0.237 e. The van der Waals surface area contributed by atoms with Crippen molar-refractivity contribution in [2.24, 2.45) is 0 Å². The van der Waals surface area contributed by atoms with Crippen LogP contribution in [0.4, 0.5) is 0 Å². The van der Waals surface area contributed by atoms with Crippen LogP contribution in [0.2, 0.25) is 0 Å². The minimum absolute atomic E-state index is 0.00146. The lowest BCUT2D eigenvalue weighted by molar-refractivity contribution is -0.127. The van der Waals surface area contributed by atoms with Crippen molar-refractivity contribution < 1.29 is 4.79 Å². The maximum absolute atomic E-state index is 12.1. The Morgan fingerprint density at radius 2 is 1.89 bits per heavy atom. The summed E-state index contributed by atoms with van der Waals surface area (Å²) in [6.45, 7) is 11.4. The lowest BCUT2D eigenvalue weighted by Gasteiger charge is -2.35. The quantitative estimate of drug-likeness (QED) is 0.753. The summed E-state index contributed by atoms with van der Waals surface area (Å²) in [5, 5.41) is 6.55. The Balaban J connectivity index is 2.35. The first-order chi connectivity index (χ1) is 8.58. The lowest BCUT2D eigenvalue weighted by atomic mass is 10.0. The molecule has 0 aromatic heterocycles. The molecule has 0 aliphatic carbocycles. The summed E-state index contributed by atoms with van der Waals surface area (Å²) in [4.78, 5) is 14.3. The fourth-order valence-electron chi connectivity index (χ4n) is 2.41. The zero-order valence-electron chi connectivity index (χ0n) is 12.3. The van der Waals surface area contributed by atoms with Gasteiger partial charge in [-0.15, -0.1) is 0 Å². The standard InChI is InChI=1S/C14H29N3O/c1-5-11(3)16-14(18)12(4)17-9-7-13(8-10-17)15-6-2/h11-13,15H,5-10H2,1-4H3,(H,16,18). The highest BCUT2D eigenvalue weighted by molar-refractivity contribution is 5.81. The second-order valence-electron chi connectivity index (χ2n) is 5.36. The van der Waals surface area contributed by atoms with Crippen LogP contribution < -0.4 is 10.6 Å². The average Bonchev–Trinajstić information content (AvgIpc) is 2.39. The Labute approximate surface area is 111 Å². The molecule has 0 radical (unpaired) electrons. The Morgan fingerprint density at radius 1 is 1.28 bits per heavy atom. The van der Waals surface area contributed by atoms with Gasteiger partial charge in [0.25, 0.3) is 0 Å². The van der Waals surface area contributed by atoms with Gasteiger partial charge in [-0.3, -0.25) is 9.69 Å². The molecule has 0 aromatic carbocycles. The van der Waals surface area contributed by atoms with Gasteiger partial charge in [-0.05, 0) is 39.7 Å². The highest BCUT2D eigenvalue weighted by Gasteiger charge is 2.26. The zero-order chi connectivity index (χ0) is 13.5. The molecule has 1 heterocycles. The van der Waals surface area contributed by atoms with E-state index >= 15 is 0 Å². The van der Waals surface area contributed by atoms with Gasteiger partial charge < -0.3 is 10.6 Å². The van der Waals surface area contributed by atoms with Crippen molar-refractivity contribution in [2.45, 2.75) is 65.1 Å². The number of carbonyl (C=O) groups excluding carboxylic acids is 1. The van der Waals surface area contributed by atoms with Crippen LogP contribution in [0.15, 0.2) is 0 Å². The summed E-state index contributed by atoms with van der Waals surface area (Å²) in [5.74, 6) is 0.172. The Hall–Kier alpha value is -0.610. The molecule has 0 spiro atoms. The molecule has 18 heavy (non-hydrogen) atoms. The number of hydrogen-bond acceptors (Lipinski definition) is 3. The minimum atomic E-state index is 0.00146. The van der Waals surface area contributed by atoms with E-state index in [0.29, 0.717) is 6.04 Å². The van der Waals surface area contributed by atoms with Gasteiger partial charge in [-0.25, -0.2) is 0 Å². The third-order valence-corrected chi connectivity index (χ3v) is 3.95. The highest BCUT2D eigenvalue weighted by atomic mass is 16.2. The van der Waals surface area contributed by atoms with Crippen molar-refractivity contribution in [3.8, 4) is 0 Å². The molecule has 0 aromatic rings.